The molecule has 1 saturated heterocycles. The number of halogens is 1. The van der Waals surface area contributed by atoms with Crippen LogP contribution in [-0.2, 0) is 4.74 Å². The third-order valence-electron chi connectivity index (χ3n) is 7.56. The molecule has 220 valence electrons. The minimum atomic E-state index is -0.545. The summed E-state index contributed by atoms with van der Waals surface area (Å²) in [5.41, 5.74) is 4.64. The van der Waals surface area contributed by atoms with Crippen LogP contribution in [0.4, 0.5) is 0 Å². The molecule has 1 atom stereocenters. The highest BCUT2D eigenvalue weighted by Crippen LogP contribution is 2.32. The van der Waals surface area contributed by atoms with Gasteiger partial charge in [-0.15, -0.1) is 11.8 Å². The molecule has 1 unspecified atom stereocenters. The Morgan fingerprint density at radius 3 is 2.48 bits per heavy atom. The van der Waals surface area contributed by atoms with E-state index in [4.69, 9.17) is 21.3 Å². The Morgan fingerprint density at radius 1 is 0.864 bits per heavy atom. The van der Waals surface area contributed by atoms with Crippen LogP contribution in [0, 0.1) is 0 Å². The van der Waals surface area contributed by atoms with Gasteiger partial charge >= 0.3 is 5.97 Å². The Balaban J connectivity index is 1.25. The smallest absolute Gasteiger partial charge is 0.338 e. The molecule has 1 aliphatic heterocycles. The number of likely N-dealkylation sites (tertiary alicyclic amines) is 1. The van der Waals surface area contributed by atoms with Crippen molar-refractivity contribution < 1.29 is 14.3 Å². The fourth-order valence-corrected chi connectivity index (χ4v) is 6.48. The summed E-state index contributed by atoms with van der Waals surface area (Å²) in [6, 6.07) is 34.3. The molecule has 1 amide bonds. The van der Waals surface area contributed by atoms with Crippen LogP contribution in [0.2, 0.25) is 5.02 Å². The number of amides is 1. The van der Waals surface area contributed by atoms with Gasteiger partial charge in [0.05, 0.1) is 22.3 Å². The molecule has 1 aliphatic rings. The van der Waals surface area contributed by atoms with Gasteiger partial charge in [0, 0.05) is 34.1 Å². The number of pyridine rings is 1. The molecule has 0 radical (unpaired) electrons. The number of ether oxygens (including phenoxy) is 1. The van der Waals surface area contributed by atoms with E-state index in [9.17, 15) is 9.59 Å². The Bertz CT molecular complexity index is 1820. The molecule has 44 heavy (non-hydrogen) atoms. The number of hydrogen-bond acceptors (Lipinski definition) is 5. The molecule has 1 fully saturated rings. The molecule has 0 saturated carbocycles. The quantitative estimate of drug-likeness (QED) is 0.122. The maximum absolute atomic E-state index is 13.3. The number of rotatable bonds is 9. The van der Waals surface area contributed by atoms with Crippen molar-refractivity contribution in [2.45, 2.75) is 23.8 Å². The summed E-state index contributed by atoms with van der Waals surface area (Å²) in [6.45, 7) is 1.58. The van der Waals surface area contributed by atoms with E-state index in [-0.39, 0.29) is 5.91 Å². The third kappa shape index (κ3) is 7.21. The van der Waals surface area contributed by atoms with Gasteiger partial charge in [-0.1, -0.05) is 78.3 Å². The predicted molar refractivity (Wildman–Crippen MR) is 179 cm³/mol. The van der Waals surface area contributed by atoms with Crippen LogP contribution < -0.4 is 0 Å². The van der Waals surface area contributed by atoms with Crippen LogP contribution >= 0.6 is 23.4 Å². The van der Waals surface area contributed by atoms with Gasteiger partial charge in [0.25, 0.3) is 5.91 Å². The molecule has 7 heteroatoms. The minimum Gasteiger partial charge on any atom is -0.453 e. The zero-order valence-electron chi connectivity index (χ0n) is 24.1. The van der Waals surface area contributed by atoms with Gasteiger partial charge in [-0.3, -0.25) is 4.79 Å². The zero-order chi connectivity index (χ0) is 30.3. The van der Waals surface area contributed by atoms with Crippen LogP contribution in [0.15, 0.2) is 114 Å². The Morgan fingerprint density at radius 2 is 1.64 bits per heavy atom. The fraction of sp³-hybridized carbons (Fsp3) is 0.162. The second-order valence-corrected chi connectivity index (χ2v) is 12.1. The third-order valence-corrected chi connectivity index (χ3v) is 8.94. The number of aromatic nitrogens is 1. The van der Waals surface area contributed by atoms with E-state index in [2.05, 4.69) is 0 Å². The van der Waals surface area contributed by atoms with Gasteiger partial charge in [-0.25, -0.2) is 9.78 Å². The lowest BCUT2D eigenvalue weighted by Gasteiger charge is -2.21. The van der Waals surface area contributed by atoms with Crippen molar-refractivity contribution in [2.24, 2.45) is 0 Å². The first kappa shape index (κ1) is 29.7. The first-order chi connectivity index (χ1) is 21.5. The summed E-state index contributed by atoms with van der Waals surface area (Å²) in [6.07, 6.45) is 5.48. The maximum atomic E-state index is 13.3. The van der Waals surface area contributed by atoms with Crippen molar-refractivity contribution in [3.05, 3.63) is 142 Å². The van der Waals surface area contributed by atoms with Crippen molar-refractivity contribution in [1.82, 2.24) is 9.88 Å². The highest BCUT2D eigenvalue weighted by atomic mass is 35.5. The molecule has 4 aromatic carbocycles. The predicted octanol–water partition coefficient (Wildman–Crippen LogP) is 8.99. The van der Waals surface area contributed by atoms with E-state index < -0.39 is 12.1 Å². The standard InChI is InChI=1S/C37H31ClN2O3S/c38-30-18-16-27-17-20-31(39-33(27)24-30)19-15-26-9-8-12-29(23-26)34(43-37(42)28-10-2-1-3-11-28)25-44-35-14-5-4-13-32(35)36(41)40-21-6-7-22-40/h1-5,8-20,23-24,34H,6-7,21-22,25H2/b19-15+. The van der Waals surface area contributed by atoms with Crippen molar-refractivity contribution in [2.75, 3.05) is 18.8 Å². The summed E-state index contributed by atoms with van der Waals surface area (Å²) in [5.74, 6) is 0.112. The lowest BCUT2D eigenvalue weighted by Crippen LogP contribution is -2.28. The monoisotopic (exact) mass is 618 g/mol. The summed E-state index contributed by atoms with van der Waals surface area (Å²) in [4.78, 5) is 34.0. The van der Waals surface area contributed by atoms with Crippen LogP contribution in [0.1, 0.15) is 56.5 Å². The number of nitrogens with zero attached hydrogens (tertiary/aromatic N) is 2. The average Bonchev–Trinajstić information content (AvgIpc) is 3.61. The number of esters is 1. The molecular weight excluding hydrogens is 588 g/mol. The second-order valence-electron chi connectivity index (χ2n) is 10.6. The highest BCUT2D eigenvalue weighted by molar-refractivity contribution is 7.99. The number of hydrogen-bond donors (Lipinski definition) is 0. The summed E-state index contributed by atoms with van der Waals surface area (Å²) < 4.78 is 6.12. The van der Waals surface area contributed by atoms with Gasteiger partial charge in [-0.05, 0) is 78.6 Å². The SMILES string of the molecule is O=C(OC(CSc1ccccc1C(=O)N1CCCC1)c1cccc(/C=C/c2ccc3ccc(Cl)cc3n2)c1)c1ccccc1. The summed E-state index contributed by atoms with van der Waals surface area (Å²) in [5, 5.41) is 1.67. The number of fused-ring (bicyclic) bond motifs is 1. The summed E-state index contributed by atoms with van der Waals surface area (Å²) >= 11 is 7.70. The first-order valence-corrected chi connectivity index (χ1v) is 16.0. The largest absolute Gasteiger partial charge is 0.453 e. The van der Waals surface area contributed by atoms with Crippen molar-refractivity contribution in [3.8, 4) is 0 Å². The lowest BCUT2D eigenvalue weighted by molar-refractivity contribution is 0.0347. The van der Waals surface area contributed by atoms with Crippen molar-refractivity contribution in [1.29, 1.82) is 0 Å². The molecule has 5 nitrogen and oxygen atoms in total. The molecule has 6 rings (SSSR count). The lowest BCUT2D eigenvalue weighted by atomic mass is 10.1. The first-order valence-electron chi connectivity index (χ1n) is 14.6. The molecule has 1 aromatic heterocycles. The van der Waals surface area contributed by atoms with Gasteiger partial charge in [-0.2, -0.15) is 0 Å². The molecule has 0 aliphatic carbocycles. The minimum absolute atomic E-state index is 0.0557. The van der Waals surface area contributed by atoms with E-state index in [0.29, 0.717) is 21.9 Å². The molecule has 0 spiro atoms. The molecule has 5 aromatic rings. The molecule has 2 heterocycles. The second kappa shape index (κ2) is 13.9. The normalized spacial score (nSPS) is 13.8. The van der Waals surface area contributed by atoms with E-state index in [1.165, 1.54) is 11.8 Å². The molecular formula is C37H31ClN2O3S. The maximum Gasteiger partial charge on any atom is 0.338 e. The molecule has 0 bridgehead atoms. The Labute approximate surface area is 266 Å². The van der Waals surface area contributed by atoms with E-state index >= 15 is 0 Å². The average molecular weight is 619 g/mol. The highest BCUT2D eigenvalue weighted by Gasteiger charge is 2.24. The van der Waals surface area contributed by atoms with Gasteiger partial charge in [0.15, 0.2) is 0 Å². The molecule has 0 N–H and O–H groups in total. The van der Waals surface area contributed by atoms with Crippen LogP contribution in [0.5, 0.6) is 0 Å². The van der Waals surface area contributed by atoms with E-state index in [1.54, 1.807) is 12.1 Å². The Hall–Kier alpha value is -4.39. The Kier molecular flexibility index (Phi) is 9.40. The van der Waals surface area contributed by atoms with Gasteiger partial charge in [0.1, 0.15) is 6.10 Å². The van der Waals surface area contributed by atoms with Crippen LogP contribution in [0.25, 0.3) is 23.1 Å². The number of carbonyl (C=O) groups excluding carboxylic acids is 2. The number of benzene rings is 4. The van der Waals surface area contributed by atoms with Gasteiger partial charge in [0.2, 0.25) is 0 Å². The van der Waals surface area contributed by atoms with Crippen LogP contribution in [-0.4, -0.2) is 40.6 Å². The van der Waals surface area contributed by atoms with Gasteiger partial charge < -0.3 is 9.64 Å². The van der Waals surface area contributed by atoms with E-state index in [1.807, 2.05) is 114 Å². The van der Waals surface area contributed by atoms with Crippen molar-refractivity contribution >= 4 is 58.3 Å². The fourth-order valence-electron chi connectivity index (χ4n) is 5.24. The van der Waals surface area contributed by atoms with Crippen LogP contribution in [0.3, 0.4) is 0 Å². The van der Waals surface area contributed by atoms with Crippen molar-refractivity contribution in [3.63, 3.8) is 0 Å². The number of thioether (sulfide) groups is 1. The zero-order valence-corrected chi connectivity index (χ0v) is 25.6. The van der Waals surface area contributed by atoms with E-state index in [0.717, 1.165) is 58.6 Å². The number of carbonyl (C=O) groups is 2. The summed E-state index contributed by atoms with van der Waals surface area (Å²) in [7, 11) is 0. The topological polar surface area (TPSA) is 59.5 Å².